The zero-order chi connectivity index (χ0) is 23.4. The second-order valence-corrected chi connectivity index (χ2v) is 8.08. The number of Topliss-reactive ketones (excluding diaryl/α,β-unsaturated/α-hetero) is 2. The molecule has 0 rings (SSSR count). The molecule has 0 amide bonds. The summed E-state index contributed by atoms with van der Waals surface area (Å²) in [6.07, 6.45) is 14.0. The SMILES string of the molecule is CCCCCCCCC(C(C)=O)C(=O)[O-].CCCCCCCCC(C(C)=O)C(=O)[O-].[Cu+2]. The molecule has 0 fully saturated rings. The van der Waals surface area contributed by atoms with Gasteiger partial charge in [0.2, 0.25) is 0 Å². The molecule has 0 aromatic rings. The molecule has 0 aliphatic rings. The van der Waals surface area contributed by atoms with Crippen molar-refractivity contribution in [3.63, 3.8) is 0 Å². The maximum atomic E-state index is 10.9. The predicted molar refractivity (Wildman–Crippen MR) is 114 cm³/mol. The number of ketones is 2. The number of hydrogen-bond acceptors (Lipinski definition) is 6. The Balaban J connectivity index is -0.000000490. The molecule has 0 aromatic carbocycles. The molecule has 0 spiro atoms. The van der Waals surface area contributed by atoms with Crippen LogP contribution < -0.4 is 10.2 Å². The summed E-state index contributed by atoms with van der Waals surface area (Å²) >= 11 is 0. The molecule has 0 aromatic heterocycles. The van der Waals surface area contributed by atoms with Crippen LogP contribution >= 0.6 is 0 Å². The smallest absolute Gasteiger partial charge is 0.549 e. The summed E-state index contributed by atoms with van der Waals surface area (Å²) in [5.74, 6) is -4.81. The Morgan fingerprint density at radius 2 is 0.806 bits per heavy atom. The van der Waals surface area contributed by atoms with Gasteiger partial charge in [-0.05, 0) is 26.7 Å². The third-order valence-corrected chi connectivity index (χ3v) is 5.24. The van der Waals surface area contributed by atoms with E-state index in [2.05, 4.69) is 13.8 Å². The first kappa shape index (κ1) is 34.4. The minimum atomic E-state index is -1.23. The number of carboxylic acids is 2. The molecule has 2 atom stereocenters. The standard InChI is InChI=1S/2C12H22O3.Cu/c2*1-3-4-5-6-7-8-9-11(10(2)13)12(14)15;/h2*11H,3-9H2,1-2H3,(H,14,15);/q;;+2/p-2. The number of aliphatic carboxylic acids is 2. The number of carboxylic acid groups (broad SMARTS) is 2. The molecule has 2 unspecified atom stereocenters. The number of unbranched alkanes of at least 4 members (excludes halogenated alkanes) is 10. The van der Waals surface area contributed by atoms with E-state index in [0.29, 0.717) is 12.8 Å². The van der Waals surface area contributed by atoms with Crippen LogP contribution in [0, 0.1) is 11.8 Å². The molecular formula is C24H42CuO6. The zero-order valence-corrected chi connectivity index (χ0v) is 20.7. The fraction of sp³-hybridized carbons (Fsp3) is 0.833. The molecule has 0 saturated carbocycles. The Hall–Kier alpha value is -1.20. The second kappa shape index (κ2) is 23.5. The average molecular weight is 490 g/mol. The van der Waals surface area contributed by atoms with Crippen LogP contribution in [-0.4, -0.2) is 23.5 Å². The van der Waals surface area contributed by atoms with Crippen molar-refractivity contribution >= 4 is 23.5 Å². The third-order valence-electron chi connectivity index (χ3n) is 5.24. The van der Waals surface area contributed by atoms with Crippen molar-refractivity contribution in [1.82, 2.24) is 0 Å². The van der Waals surface area contributed by atoms with Gasteiger partial charge in [-0.15, -0.1) is 0 Å². The average Bonchev–Trinajstić information content (AvgIpc) is 2.66. The number of hydrogen-bond donors (Lipinski definition) is 0. The predicted octanol–water partition coefficient (Wildman–Crippen LogP) is 3.38. The number of rotatable bonds is 18. The van der Waals surface area contributed by atoms with Crippen LogP contribution in [0.5, 0.6) is 0 Å². The summed E-state index contributed by atoms with van der Waals surface area (Å²) in [6, 6.07) is 0. The topological polar surface area (TPSA) is 114 Å². The first-order chi connectivity index (χ1) is 14.2. The van der Waals surface area contributed by atoms with Gasteiger partial charge in [0.25, 0.3) is 0 Å². The van der Waals surface area contributed by atoms with Crippen LogP contribution in [0.1, 0.15) is 118 Å². The second-order valence-electron chi connectivity index (χ2n) is 8.08. The van der Waals surface area contributed by atoms with Crippen molar-refractivity contribution in [3.05, 3.63) is 0 Å². The summed E-state index contributed by atoms with van der Waals surface area (Å²) in [5, 5.41) is 21.2. The first-order valence-corrected chi connectivity index (χ1v) is 11.6. The van der Waals surface area contributed by atoms with Crippen LogP contribution in [-0.2, 0) is 36.2 Å². The van der Waals surface area contributed by atoms with Gasteiger partial charge in [-0.25, -0.2) is 0 Å². The molecule has 0 aliphatic heterocycles. The van der Waals surface area contributed by atoms with E-state index in [1.165, 1.54) is 52.4 Å². The molecule has 1 radical (unpaired) electrons. The quantitative estimate of drug-likeness (QED) is 0.165. The van der Waals surface area contributed by atoms with E-state index in [-0.39, 0.29) is 28.6 Å². The minimum Gasteiger partial charge on any atom is -0.549 e. The molecule has 0 N–H and O–H groups in total. The van der Waals surface area contributed by atoms with Crippen molar-refractivity contribution in [2.45, 2.75) is 118 Å². The molecule has 0 bridgehead atoms. The van der Waals surface area contributed by atoms with Gasteiger partial charge in [-0.1, -0.05) is 90.9 Å². The monoisotopic (exact) mass is 489 g/mol. The van der Waals surface area contributed by atoms with Crippen molar-refractivity contribution < 1.29 is 46.5 Å². The van der Waals surface area contributed by atoms with Crippen molar-refractivity contribution in [2.75, 3.05) is 0 Å². The van der Waals surface area contributed by atoms with E-state index in [1.54, 1.807) is 0 Å². The fourth-order valence-corrected chi connectivity index (χ4v) is 3.23. The van der Waals surface area contributed by atoms with E-state index in [4.69, 9.17) is 0 Å². The van der Waals surface area contributed by atoms with Gasteiger partial charge in [0.1, 0.15) is 11.6 Å². The van der Waals surface area contributed by atoms with E-state index in [1.807, 2.05) is 0 Å². The van der Waals surface area contributed by atoms with Gasteiger partial charge in [0, 0.05) is 0 Å². The molecule has 0 heterocycles. The third kappa shape index (κ3) is 21.8. The molecule has 31 heavy (non-hydrogen) atoms. The summed E-state index contributed by atoms with van der Waals surface area (Å²) in [6.45, 7) is 6.94. The summed E-state index contributed by atoms with van der Waals surface area (Å²) < 4.78 is 0. The summed E-state index contributed by atoms with van der Waals surface area (Å²) in [5.41, 5.74) is 0. The van der Waals surface area contributed by atoms with E-state index < -0.39 is 23.8 Å². The Morgan fingerprint density at radius 1 is 0.548 bits per heavy atom. The molecular weight excluding hydrogens is 448 g/mol. The molecule has 185 valence electrons. The van der Waals surface area contributed by atoms with Crippen LogP contribution in [0.25, 0.3) is 0 Å². The Morgan fingerprint density at radius 3 is 1.03 bits per heavy atom. The molecule has 0 saturated heterocycles. The largest absolute Gasteiger partial charge is 2.00 e. The summed E-state index contributed by atoms with van der Waals surface area (Å²) in [4.78, 5) is 43.0. The van der Waals surface area contributed by atoms with E-state index >= 15 is 0 Å². The number of carbonyl (C=O) groups is 4. The molecule has 0 aliphatic carbocycles. The molecule has 6 nitrogen and oxygen atoms in total. The first-order valence-electron chi connectivity index (χ1n) is 11.6. The van der Waals surface area contributed by atoms with Gasteiger partial charge in [0.05, 0.1) is 23.8 Å². The molecule has 7 heteroatoms. The number of carbonyl (C=O) groups excluding carboxylic acids is 4. The van der Waals surface area contributed by atoms with Crippen LogP contribution in [0.4, 0.5) is 0 Å². The Bertz CT molecular complexity index is 420. The van der Waals surface area contributed by atoms with Gasteiger partial charge in [-0.3, -0.25) is 9.59 Å². The van der Waals surface area contributed by atoms with E-state index in [9.17, 15) is 29.4 Å². The summed E-state index contributed by atoms with van der Waals surface area (Å²) in [7, 11) is 0. The Kier molecular flexibility index (Phi) is 26.0. The van der Waals surface area contributed by atoms with Gasteiger partial charge in [-0.2, -0.15) is 0 Å². The Labute approximate surface area is 199 Å². The van der Waals surface area contributed by atoms with Crippen LogP contribution in [0.2, 0.25) is 0 Å². The van der Waals surface area contributed by atoms with E-state index in [0.717, 1.165) is 38.5 Å². The maximum Gasteiger partial charge on any atom is 2.00 e. The minimum absolute atomic E-state index is 0. The van der Waals surface area contributed by atoms with Gasteiger partial charge < -0.3 is 19.8 Å². The van der Waals surface area contributed by atoms with Gasteiger partial charge in [0.15, 0.2) is 0 Å². The van der Waals surface area contributed by atoms with Crippen LogP contribution in [0.15, 0.2) is 0 Å². The fourth-order valence-electron chi connectivity index (χ4n) is 3.23. The normalized spacial score (nSPS) is 12.0. The van der Waals surface area contributed by atoms with Gasteiger partial charge >= 0.3 is 17.1 Å². The van der Waals surface area contributed by atoms with Crippen molar-refractivity contribution in [1.29, 1.82) is 0 Å². The maximum absolute atomic E-state index is 10.9. The zero-order valence-electron chi connectivity index (χ0n) is 19.8. The van der Waals surface area contributed by atoms with Crippen molar-refractivity contribution in [3.8, 4) is 0 Å². The van der Waals surface area contributed by atoms with Crippen molar-refractivity contribution in [2.24, 2.45) is 11.8 Å². The van der Waals surface area contributed by atoms with Crippen LogP contribution in [0.3, 0.4) is 0 Å².